The summed E-state index contributed by atoms with van der Waals surface area (Å²) in [6.07, 6.45) is 1.19. The minimum Gasteiger partial charge on any atom is -0.267 e. The summed E-state index contributed by atoms with van der Waals surface area (Å²) in [4.78, 5) is 22.8. The van der Waals surface area contributed by atoms with Gasteiger partial charge in [0, 0.05) is 6.08 Å². The Morgan fingerprint density at radius 2 is 1.80 bits per heavy atom. The summed E-state index contributed by atoms with van der Waals surface area (Å²) in [5, 5.41) is 0.504. The Morgan fingerprint density at radius 1 is 1.13 bits per heavy atom. The van der Waals surface area contributed by atoms with Crippen LogP contribution in [0.15, 0.2) is 36.4 Å². The van der Waals surface area contributed by atoms with Crippen LogP contribution in [-0.4, -0.2) is 16.9 Å². The lowest BCUT2D eigenvalue weighted by atomic mass is 10.1. The molecule has 1 aliphatic heterocycles. The first-order chi connectivity index (χ1) is 7.24. The van der Waals surface area contributed by atoms with Crippen molar-refractivity contribution in [2.75, 3.05) is 0 Å². The Hall–Kier alpha value is -1.65. The monoisotopic (exact) mass is 223 g/mol. The first-order valence-corrected chi connectivity index (χ1v) is 4.49. The normalized spacial score (nSPS) is 15.8. The maximum absolute atomic E-state index is 11.6. The molecule has 0 unspecified atom stereocenters. The van der Waals surface area contributed by atoms with Crippen LogP contribution in [0.1, 0.15) is 5.56 Å². The van der Waals surface area contributed by atoms with Gasteiger partial charge in [-0.05, 0) is 5.56 Å². The van der Waals surface area contributed by atoms with Crippen LogP contribution >= 0.6 is 11.9 Å². The summed E-state index contributed by atoms with van der Waals surface area (Å²) in [6.45, 7) is 0. The molecule has 0 bridgehead atoms. The number of rotatable bonds is 2. The second-order valence-corrected chi connectivity index (χ2v) is 3.07. The summed E-state index contributed by atoms with van der Waals surface area (Å²) < 4.78 is 4.14. The van der Waals surface area contributed by atoms with Gasteiger partial charge in [0.15, 0.2) is 0 Å². The molecule has 0 saturated carbocycles. The fourth-order valence-electron chi connectivity index (χ4n) is 1.34. The second-order valence-electron chi connectivity index (χ2n) is 2.93. The van der Waals surface area contributed by atoms with E-state index in [1.807, 2.05) is 6.07 Å². The number of hydroxylamine groups is 2. The number of benzene rings is 1. The van der Waals surface area contributed by atoms with E-state index in [2.05, 4.69) is 4.39 Å². The van der Waals surface area contributed by atoms with Crippen molar-refractivity contribution in [2.24, 2.45) is 0 Å². The molecule has 4 nitrogen and oxygen atoms in total. The van der Waals surface area contributed by atoms with Crippen molar-refractivity contribution in [3.8, 4) is 0 Å². The second kappa shape index (κ2) is 3.84. The molecule has 15 heavy (non-hydrogen) atoms. The molecule has 0 fully saturated rings. The molecule has 0 N–H and O–H groups in total. The largest absolute Gasteiger partial charge is 0.287 e. The van der Waals surface area contributed by atoms with E-state index in [0.717, 1.165) is 0 Å². The van der Waals surface area contributed by atoms with Crippen LogP contribution in [0.25, 0.3) is 5.57 Å². The third-order valence-corrected chi connectivity index (χ3v) is 2.17. The van der Waals surface area contributed by atoms with Crippen molar-refractivity contribution in [3.05, 3.63) is 42.0 Å². The Bertz CT molecular complexity index is 441. The van der Waals surface area contributed by atoms with E-state index in [9.17, 15) is 9.59 Å². The highest BCUT2D eigenvalue weighted by Gasteiger charge is 2.32. The van der Waals surface area contributed by atoms with Crippen molar-refractivity contribution in [1.29, 1.82) is 0 Å². The molecule has 1 heterocycles. The van der Waals surface area contributed by atoms with Crippen molar-refractivity contribution in [1.82, 2.24) is 5.06 Å². The predicted molar refractivity (Wildman–Crippen MR) is 53.2 cm³/mol. The maximum Gasteiger partial charge on any atom is 0.287 e. The number of halogens is 1. The first-order valence-electron chi connectivity index (χ1n) is 4.18. The zero-order chi connectivity index (χ0) is 10.8. The quantitative estimate of drug-likeness (QED) is 0.715. The lowest BCUT2D eigenvalue weighted by Gasteiger charge is -2.07. The highest BCUT2D eigenvalue weighted by Crippen LogP contribution is 2.23. The van der Waals surface area contributed by atoms with E-state index < -0.39 is 11.8 Å². The van der Waals surface area contributed by atoms with Gasteiger partial charge in [0.25, 0.3) is 11.8 Å². The summed E-state index contributed by atoms with van der Waals surface area (Å²) in [5.41, 5.74) is 0.938. The smallest absolute Gasteiger partial charge is 0.267 e. The number of hydrogen-bond acceptors (Lipinski definition) is 3. The Labute approximate surface area is 90.8 Å². The number of carbonyl (C=O) groups is 2. The number of amides is 2. The molecule has 0 aromatic heterocycles. The molecule has 2 amide bonds. The summed E-state index contributed by atoms with van der Waals surface area (Å²) in [6, 6.07) is 8.83. The van der Waals surface area contributed by atoms with Gasteiger partial charge in [-0.25, -0.2) is 0 Å². The lowest BCUT2D eigenvalue weighted by Crippen LogP contribution is -2.27. The fraction of sp³-hybridized carbons (Fsp3) is 0. The van der Waals surface area contributed by atoms with Crippen molar-refractivity contribution >= 4 is 29.3 Å². The van der Waals surface area contributed by atoms with Crippen LogP contribution < -0.4 is 0 Å². The molecule has 0 atom stereocenters. The van der Waals surface area contributed by atoms with Crippen LogP contribution in [0, 0.1) is 0 Å². The van der Waals surface area contributed by atoms with Crippen molar-refractivity contribution in [3.63, 3.8) is 0 Å². The average molecular weight is 224 g/mol. The van der Waals surface area contributed by atoms with Crippen LogP contribution in [0.4, 0.5) is 0 Å². The fourth-order valence-corrected chi connectivity index (χ4v) is 1.47. The SMILES string of the molecule is O=C1C=C(c2ccccc2)C(=O)N1OCl. The van der Waals surface area contributed by atoms with Gasteiger partial charge in [-0.15, -0.1) is 9.45 Å². The molecular formula is C10H6ClNO3. The Kier molecular flexibility index (Phi) is 2.53. The third-order valence-electron chi connectivity index (χ3n) is 2.04. The molecule has 0 saturated heterocycles. The number of carbonyl (C=O) groups excluding carboxylic acids is 2. The minimum atomic E-state index is -0.575. The average Bonchev–Trinajstić information content (AvgIpc) is 2.55. The van der Waals surface area contributed by atoms with Gasteiger partial charge in [-0.1, -0.05) is 30.3 Å². The molecule has 1 aliphatic rings. The van der Waals surface area contributed by atoms with E-state index in [4.69, 9.17) is 11.9 Å². The Balaban J connectivity index is 2.38. The highest BCUT2D eigenvalue weighted by molar-refractivity contribution is 6.33. The van der Waals surface area contributed by atoms with Gasteiger partial charge < -0.3 is 0 Å². The zero-order valence-corrected chi connectivity index (χ0v) is 8.27. The van der Waals surface area contributed by atoms with E-state index in [1.54, 1.807) is 24.3 Å². The molecule has 0 radical (unpaired) electrons. The Morgan fingerprint density at radius 3 is 2.33 bits per heavy atom. The highest BCUT2D eigenvalue weighted by atomic mass is 35.5. The van der Waals surface area contributed by atoms with Gasteiger partial charge in [0.1, 0.15) is 0 Å². The molecule has 2 rings (SSSR count). The molecule has 5 heteroatoms. The lowest BCUT2D eigenvalue weighted by molar-refractivity contribution is -0.161. The van der Waals surface area contributed by atoms with Crippen LogP contribution in [0.2, 0.25) is 0 Å². The zero-order valence-electron chi connectivity index (χ0n) is 7.51. The molecular weight excluding hydrogens is 218 g/mol. The van der Waals surface area contributed by atoms with Crippen LogP contribution in [0.5, 0.6) is 0 Å². The van der Waals surface area contributed by atoms with Crippen LogP contribution in [0.3, 0.4) is 0 Å². The van der Waals surface area contributed by atoms with Gasteiger partial charge in [-0.3, -0.25) is 9.59 Å². The molecule has 0 aliphatic carbocycles. The van der Waals surface area contributed by atoms with E-state index in [1.165, 1.54) is 6.08 Å². The molecule has 1 aromatic carbocycles. The third kappa shape index (κ3) is 1.65. The van der Waals surface area contributed by atoms with Crippen molar-refractivity contribution < 1.29 is 14.0 Å². The molecule has 76 valence electrons. The standard InChI is InChI=1S/C10H6ClNO3/c11-15-12-9(13)6-8(10(12)14)7-4-2-1-3-5-7/h1-6H. The summed E-state index contributed by atoms with van der Waals surface area (Å²) >= 11 is 5.00. The van der Waals surface area contributed by atoms with Crippen LogP contribution in [-0.2, 0) is 14.0 Å². The summed E-state index contributed by atoms with van der Waals surface area (Å²) in [5.74, 6) is -1.13. The first kappa shape index (κ1) is 9.89. The van der Waals surface area contributed by atoms with Gasteiger partial charge in [-0.2, -0.15) is 0 Å². The number of nitrogens with zero attached hydrogens (tertiary/aromatic N) is 1. The topological polar surface area (TPSA) is 46.6 Å². The summed E-state index contributed by atoms with van der Waals surface area (Å²) in [7, 11) is 0. The molecule has 1 aromatic rings. The van der Waals surface area contributed by atoms with E-state index >= 15 is 0 Å². The number of imide groups is 1. The minimum absolute atomic E-state index is 0.279. The van der Waals surface area contributed by atoms with E-state index in [0.29, 0.717) is 10.6 Å². The van der Waals surface area contributed by atoms with Gasteiger partial charge in [0.05, 0.1) is 17.4 Å². The number of hydrogen-bond donors (Lipinski definition) is 0. The molecule has 0 spiro atoms. The maximum atomic E-state index is 11.6. The van der Waals surface area contributed by atoms with Gasteiger partial charge >= 0.3 is 0 Å². The van der Waals surface area contributed by atoms with E-state index in [-0.39, 0.29) is 5.57 Å². The predicted octanol–water partition coefficient (Wildman–Crippen LogP) is 1.52. The van der Waals surface area contributed by atoms with Gasteiger partial charge in [0.2, 0.25) is 0 Å². The van der Waals surface area contributed by atoms with Crippen molar-refractivity contribution in [2.45, 2.75) is 0 Å².